The van der Waals surface area contributed by atoms with Gasteiger partial charge in [0.05, 0.1) is 0 Å². The van der Waals surface area contributed by atoms with Crippen molar-refractivity contribution >= 4 is 15.9 Å². The van der Waals surface area contributed by atoms with Crippen molar-refractivity contribution in [2.75, 3.05) is 13.1 Å². The van der Waals surface area contributed by atoms with Gasteiger partial charge in [-0.05, 0) is 38.1 Å². The Labute approximate surface area is 96.9 Å². The Kier molecular flexibility index (Phi) is 3.59. The summed E-state index contributed by atoms with van der Waals surface area (Å²) in [5, 5.41) is 3.26. The lowest BCUT2D eigenvalue weighted by atomic mass is 10.1. The van der Waals surface area contributed by atoms with Crippen LogP contribution in [-0.4, -0.2) is 19.2 Å². The second-order valence-corrected chi connectivity index (χ2v) is 4.59. The summed E-state index contributed by atoms with van der Waals surface area (Å²) in [5.41, 5.74) is 0. The van der Waals surface area contributed by atoms with Crippen LogP contribution >= 0.6 is 15.9 Å². The van der Waals surface area contributed by atoms with Gasteiger partial charge in [0.1, 0.15) is 17.7 Å². The highest BCUT2D eigenvalue weighted by molar-refractivity contribution is 9.10. The van der Waals surface area contributed by atoms with Crippen LogP contribution in [0.5, 0.6) is 5.75 Å². The topological polar surface area (TPSA) is 21.3 Å². The fraction of sp³-hybridized carbons (Fsp3) is 0.455. The van der Waals surface area contributed by atoms with E-state index in [4.69, 9.17) is 4.74 Å². The Morgan fingerprint density at radius 3 is 2.67 bits per heavy atom. The molecule has 82 valence electrons. The van der Waals surface area contributed by atoms with Crippen LogP contribution in [-0.2, 0) is 0 Å². The number of benzene rings is 1. The number of hydrogen-bond acceptors (Lipinski definition) is 2. The smallest absolute Gasteiger partial charge is 0.128 e. The molecule has 0 aliphatic carbocycles. The van der Waals surface area contributed by atoms with Gasteiger partial charge < -0.3 is 10.1 Å². The molecular weight excluding hydrogens is 261 g/mol. The Bertz CT molecular complexity index is 319. The van der Waals surface area contributed by atoms with Gasteiger partial charge in [-0.25, -0.2) is 4.39 Å². The minimum absolute atomic E-state index is 0.208. The van der Waals surface area contributed by atoms with Crippen LogP contribution in [0.1, 0.15) is 12.8 Å². The Balaban J connectivity index is 2.02. The second kappa shape index (κ2) is 4.94. The number of piperidine rings is 1. The minimum atomic E-state index is -0.270. The fourth-order valence-corrected chi connectivity index (χ4v) is 2.15. The normalized spacial score (nSPS) is 17.7. The molecule has 1 fully saturated rings. The van der Waals surface area contributed by atoms with Crippen LogP contribution < -0.4 is 10.1 Å². The lowest BCUT2D eigenvalue weighted by molar-refractivity contribution is 0.162. The monoisotopic (exact) mass is 273 g/mol. The second-order valence-electron chi connectivity index (χ2n) is 3.67. The van der Waals surface area contributed by atoms with Gasteiger partial charge in [-0.2, -0.15) is 0 Å². The average Bonchev–Trinajstić information content (AvgIpc) is 2.17. The first-order valence-electron chi connectivity index (χ1n) is 5.07. The standard InChI is InChI=1S/C11H13BrFNO/c12-8-5-9(13)7-11(6-8)15-10-1-3-14-4-2-10/h5-7,10,14H,1-4H2. The van der Waals surface area contributed by atoms with Gasteiger partial charge in [0.15, 0.2) is 0 Å². The van der Waals surface area contributed by atoms with E-state index in [9.17, 15) is 4.39 Å². The number of ether oxygens (including phenoxy) is 1. The third-order valence-electron chi connectivity index (χ3n) is 2.42. The summed E-state index contributed by atoms with van der Waals surface area (Å²) in [6.07, 6.45) is 2.17. The van der Waals surface area contributed by atoms with Crippen LogP contribution in [0.3, 0.4) is 0 Å². The van der Waals surface area contributed by atoms with Gasteiger partial charge in [-0.1, -0.05) is 15.9 Å². The SMILES string of the molecule is Fc1cc(Br)cc(OC2CCNCC2)c1. The molecule has 4 heteroatoms. The first-order valence-corrected chi connectivity index (χ1v) is 5.87. The average molecular weight is 274 g/mol. The molecule has 2 rings (SSSR count). The van der Waals surface area contributed by atoms with Gasteiger partial charge >= 0.3 is 0 Å². The molecule has 15 heavy (non-hydrogen) atoms. The highest BCUT2D eigenvalue weighted by Gasteiger charge is 2.14. The molecule has 0 amide bonds. The van der Waals surface area contributed by atoms with Crippen molar-refractivity contribution in [3.63, 3.8) is 0 Å². The van der Waals surface area contributed by atoms with E-state index in [1.54, 1.807) is 6.07 Å². The van der Waals surface area contributed by atoms with Gasteiger partial charge in [-0.15, -0.1) is 0 Å². The lowest BCUT2D eigenvalue weighted by Gasteiger charge is -2.23. The van der Waals surface area contributed by atoms with E-state index in [1.165, 1.54) is 12.1 Å². The summed E-state index contributed by atoms with van der Waals surface area (Å²) in [6.45, 7) is 1.95. The van der Waals surface area contributed by atoms with Crippen LogP contribution in [0, 0.1) is 5.82 Å². The molecule has 0 bridgehead atoms. The van der Waals surface area contributed by atoms with Crippen molar-refractivity contribution in [3.8, 4) is 5.75 Å². The zero-order valence-electron chi connectivity index (χ0n) is 8.30. The first kappa shape index (κ1) is 10.9. The van der Waals surface area contributed by atoms with Crippen LogP contribution in [0.4, 0.5) is 4.39 Å². The largest absolute Gasteiger partial charge is 0.490 e. The third-order valence-corrected chi connectivity index (χ3v) is 2.88. The number of nitrogens with one attached hydrogen (secondary N) is 1. The highest BCUT2D eigenvalue weighted by atomic mass is 79.9. The van der Waals surface area contributed by atoms with Gasteiger partial charge in [0.2, 0.25) is 0 Å². The molecule has 2 nitrogen and oxygen atoms in total. The summed E-state index contributed by atoms with van der Waals surface area (Å²) < 4.78 is 19.5. The number of hydrogen-bond donors (Lipinski definition) is 1. The van der Waals surface area contributed by atoms with Crippen LogP contribution in [0.25, 0.3) is 0 Å². The summed E-state index contributed by atoms with van der Waals surface area (Å²) in [5.74, 6) is 0.335. The molecule has 1 aliphatic rings. The van der Waals surface area contributed by atoms with Gasteiger partial charge in [0, 0.05) is 10.5 Å². The first-order chi connectivity index (χ1) is 7.24. The molecule has 1 heterocycles. The van der Waals surface area contributed by atoms with E-state index in [0.717, 1.165) is 25.9 Å². The maximum atomic E-state index is 13.1. The molecule has 1 saturated heterocycles. The number of halogens is 2. The zero-order valence-corrected chi connectivity index (χ0v) is 9.89. The predicted octanol–water partition coefficient (Wildman–Crippen LogP) is 2.72. The highest BCUT2D eigenvalue weighted by Crippen LogP contribution is 2.23. The Morgan fingerprint density at radius 2 is 2.00 bits per heavy atom. The molecule has 1 aromatic carbocycles. The van der Waals surface area contributed by atoms with Crippen molar-refractivity contribution in [2.45, 2.75) is 18.9 Å². The maximum Gasteiger partial charge on any atom is 0.128 e. The van der Waals surface area contributed by atoms with E-state index in [-0.39, 0.29) is 11.9 Å². The Morgan fingerprint density at radius 1 is 1.27 bits per heavy atom. The van der Waals surface area contributed by atoms with Crippen molar-refractivity contribution < 1.29 is 9.13 Å². The van der Waals surface area contributed by atoms with Crippen molar-refractivity contribution in [2.24, 2.45) is 0 Å². The zero-order chi connectivity index (χ0) is 10.7. The van der Waals surface area contributed by atoms with E-state index < -0.39 is 0 Å². The third kappa shape index (κ3) is 3.18. The van der Waals surface area contributed by atoms with Crippen LogP contribution in [0.15, 0.2) is 22.7 Å². The maximum absolute atomic E-state index is 13.1. The summed E-state index contributed by atoms with van der Waals surface area (Å²) >= 11 is 3.25. The summed E-state index contributed by atoms with van der Waals surface area (Å²) in [4.78, 5) is 0. The quantitative estimate of drug-likeness (QED) is 0.895. The van der Waals surface area contributed by atoms with Crippen molar-refractivity contribution in [3.05, 3.63) is 28.5 Å². The fourth-order valence-electron chi connectivity index (χ4n) is 1.70. The molecule has 0 aromatic heterocycles. The molecule has 1 aliphatic heterocycles. The number of rotatable bonds is 2. The molecule has 0 atom stereocenters. The molecule has 0 radical (unpaired) electrons. The van der Waals surface area contributed by atoms with E-state index in [1.807, 2.05) is 0 Å². The van der Waals surface area contributed by atoms with Gasteiger partial charge in [0.25, 0.3) is 0 Å². The summed E-state index contributed by atoms with van der Waals surface area (Å²) in [6, 6.07) is 4.65. The van der Waals surface area contributed by atoms with Crippen molar-refractivity contribution in [1.82, 2.24) is 5.32 Å². The van der Waals surface area contributed by atoms with E-state index in [0.29, 0.717) is 10.2 Å². The predicted molar refractivity (Wildman–Crippen MR) is 60.6 cm³/mol. The summed E-state index contributed by atoms with van der Waals surface area (Å²) in [7, 11) is 0. The molecular formula is C11H13BrFNO. The van der Waals surface area contributed by atoms with E-state index in [2.05, 4.69) is 21.2 Å². The molecule has 1 N–H and O–H groups in total. The lowest BCUT2D eigenvalue weighted by Crippen LogP contribution is -2.34. The molecule has 1 aromatic rings. The van der Waals surface area contributed by atoms with Crippen molar-refractivity contribution in [1.29, 1.82) is 0 Å². The molecule has 0 spiro atoms. The minimum Gasteiger partial charge on any atom is -0.490 e. The molecule has 0 saturated carbocycles. The Hall–Kier alpha value is -0.610. The van der Waals surface area contributed by atoms with Gasteiger partial charge in [-0.3, -0.25) is 0 Å². The van der Waals surface area contributed by atoms with E-state index >= 15 is 0 Å². The molecule has 0 unspecified atom stereocenters. The van der Waals surface area contributed by atoms with Crippen LogP contribution in [0.2, 0.25) is 0 Å².